The van der Waals surface area contributed by atoms with Gasteiger partial charge in [0, 0.05) is 6.54 Å². The van der Waals surface area contributed by atoms with Crippen molar-refractivity contribution in [3.63, 3.8) is 0 Å². The van der Waals surface area contributed by atoms with Crippen molar-refractivity contribution in [2.75, 3.05) is 13.2 Å². The van der Waals surface area contributed by atoms with Crippen LogP contribution in [0.15, 0.2) is 65.3 Å². The standard InChI is InChI=1S/C17H17NO2.C2H2O4/c1-2-5-15-12-16(8-7-14(15)4-1)20-11-9-18-13-17-6-3-10-19-17;3-1(4)2(5)6/h1-8,10,12,18H,9,11,13H2;(H,3,4)(H,5,6). The third-order valence-electron chi connectivity index (χ3n) is 3.33. The van der Waals surface area contributed by atoms with Gasteiger partial charge in [0.2, 0.25) is 0 Å². The summed E-state index contributed by atoms with van der Waals surface area (Å²) in [5.74, 6) is -1.80. The number of carbonyl (C=O) groups is 2. The molecule has 1 heterocycles. The summed E-state index contributed by atoms with van der Waals surface area (Å²) in [5.41, 5.74) is 0. The Hall–Kier alpha value is -3.32. The van der Waals surface area contributed by atoms with Crippen molar-refractivity contribution in [1.29, 1.82) is 0 Å². The van der Waals surface area contributed by atoms with Gasteiger partial charge in [-0.15, -0.1) is 0 Å². The molecule has 7 nitrogen and oxygen atoms in total. The summed E-state index contributed by atoms with van der Waals surface area (Å²) >= 11 is 0. The second-order valence-electron chi connectivity index (χ2n) is 5.22. The Kier molecular flexibility index (Phi) is 7.20. The normalized spacial score (nSPS) is 10.0. The lowest BCUT2D eigenvalue weighted by atomic mass is 10.1. The highest BCUT2D eigenvalue weighted by Gasteiger charge is 2.04. The van der Waals surface area contributed by atoms with Crippen molar-refractivity contribution in [3.05, 3.63) is 66.6 Å². The molecule has 0 spiro atoms. The summed E-state index contributed by atoms with van der Waals surface area (Å²) in [6.07, 6.45) is 1.68. The Morgan fingerprint density at radius 1 is 0.962 bits per heavy atom. The Balaban J connectivity index is 0.000000352. The van der Waals surface area contributed by atoms with Crippen LogP contribution in [-0.4, -0.2) is 35.3 Å². The molecule has 0 aliphatic heterocycles. The Bertz CT molecular complexity index is 832. The number of benzene rings is 2. The molecule has 3 N–H and O–H groups in total. The van der Waals surface area contributed by atoms with Gasteiger partial charge in [-0.1, -0.05) is 30.3 Å². The van der Waals surface area contributed by atoms with Crippen LogP contribution in [0.1, 0.15) is 5.76 Å². The lowest BCUT2D eigenvalue weighted by molar-refractivity contribution is -0.159. The van der Waals surface area contributed by atoms with E-state index in [1.807, 2.05) is 30.3 Å². The maximum Gasteiger partial charge on any atom is 0.414 e. The van der Waals surface area contributed by atoms with Crippen LogP contribution in [0.3, 0.4) is 0 Å². The van der Waals surface area contributed by atoms with E-state index < -0.39 is 11.9 Å². The van der Waals surface area contributed by atoms with E-state index in [0.717, 1.165) is 24.6 Å². The van der Waals surface area contributed by atoms with E-state index in [9.17, 15) is 0 Å². The molecule has 0 atom stereocenters. The van der Waals surface area contributed by atoms with E-state index in [2.05, 4.69) is 29.6 Å². The zero-order chi connectivity index (χ0) is 18.8. The summed E-state index contributed by atoms with van der Waals surface area (Å²) in [4.78, 5) is 18.2. The molecule has 7 heteroatoms. The fourth-order valence-corrected chi connectivity index (χ4v) is 2.12. The number of ether oxygens (including phenoxy) is 1. The highest BCUT2D eigenvalue weighted by Crippen LogP contribution is 2.20. The largest absolute Gasteiger partial charge is 0.492 e. The van der Waals surface area contributed by atoms with Gasteiger partial charge in [0.1, 0.15) is 18.1 Å². The van der Waals surface area contributed by atoms with Gasteiger partial charge in [-0.2, -0.15) is 0 Å². The number of carboxylic acid groups (broad SMARTS) is 2. The topological polar surface area (TPSA) is 109 Å². The quantitative estimate of drug-likeness (QED) is 0.460. The Morgan fingerprint density at radius 2 is 1.69 bits per heavy atom. The van der Waals surface area contributed by atoms with Gasteiger partial charge in [-0.3, -0.25) is 0 Å². The zero-order valence-corrected chi connectivity index (χ0v) is 13.9. The smallest absolute Gasteiger partial charge is 0.414 e. The molecule has 0 unspecified atom stereocenters. The third kappa shape index (κ3) is 6.29. The van der Waals surface area contributed by atoms with Gasteiger partial charge in [-0.05, 0) is 35.0 Å². The molecule has 3 rings (SSSR count). The molecular formula is C19H19NO6. The maximum absolute atomic E-state index is 9.10. The van der Waals surface area contributed by atoms with Crippen LogP contribution < -0.4 is 10.1 Å². The van der Waals surface area contributed by atoms with Gasteiger partial charge in [-0.25, -0.2) is 9.59 Å². The molecule has 0 aliphatic carbocycles. The molecule has 26 heavy (non-hydrogen) atoms. The molecule has 0 saturated carbocycles. The van der Waals surface area contributed by atoms with Crippen molar-refractivity contribution < 1.29 is 29.0 Å². The van der Waals surface area contributed by atoms with E-state index in [1.54, 1.807) is 6.26 Å². The summed E-state index contributed by atoms with van der Waals surface area (Å²) < 4.78 is 11.0. The summed E-state index contributed by atoms with van der Waals surface area (Å²) in [6.45, 7) is 2.15. The lowest BCUT2D eigenvalue weighted by Gasteiger charge is -2.08. The molecule has 0 aliphatic rings. The molecule has 0 radical (unpaired) electrons. The number of fused-ring (bicyclic) bond motifs is 1. The van der Waals surface area contributed by atoms with Crippen molar-refractivity contribution in [2.45, 2.75) is 6.54 Å². The second-order valence-corrected chi connectivity index (χ2v) is 5.22. The van der Waals surface area contributed by atoms with Crippen molar-refractivity contribution in [3.8, 4) is 5.75 Å². The number of hydrogen-bond acceptors (Lipinski definition) is 5. The number of carboxylic acids is 2. The summed E-state index contributed by atoms with van der Waals surface area (Å²) in [6, 6.07) is 18.3. The molecule has 2 aromatic carbocycles. The third-order valence-corrected chi connectivity index (χ3v) is 3.33. The van der Waals surface area contributed by atoms with E-state index >= 15 is 0 Å². The van der Waals surface area contributed by atoms with Crippen LogP contribution in [0.4, 0.5) is 0 Å². The van der Waals surface area contributed by atoms with Gasteiger partial charge in [0.05, 0.1) is 12.8 Å². The Morgan fingerprint density at radius 3 is 2.35 bits per heavy atom. The van der Waals surface area contributed by atoms with Crippen LogP contribution in [0.5, 0.6) is 5.75 Å². The highest BCUT2D eigenvalue weighted by molar-refractivity contribution is 6.27. The first kappa shape index (κ1) is 19.0. The molecule has 1 aromatic heterocycles. The van der Waals surface area contributed by atoms with E-state index in [-0.39, 0.29) is 0 Å². The minimum Gasteiger partial charge on any atom is -0.492 e. The van der Waals surface area contributed by atoms with Gasteiger partial charge >= 0.3 is 11.9 Å². The zero-order valence-electron chi connectivity index (χ0n) is 13.9. The fraction of sp³-hybridized carbons (Fsp3) is 0.158. The van der Waals surface area contributed by atoms with Crippen LogP contribution in [0.2, 0.25) is 0 Å². The summed E-state index contributed by atoms with van der Waals surface area (Å²) in [7, 11) is 0. The van der Waals surface area contributed by atoms with E-state index in [1.165, 1.54) is 10.8 Å². The minimum absolute atomic E-state index is 0.638. The number of hydrogen-bond donors (Lipinski definition) is 3. The second kappa shape index (κ2) is 9.85. The molecule has 136 valence electrons. The number of nitrogens with one attached hydrogen (secondary N) is 1. The predicted molar refractivity (Wildman–Crippen MR) is 95.1 cm³/mol. The molecule has 3 aromatic rings. The summed E-state index contributed by atoms with van der Waals surface area (Å²) in [5, 5.41) is 20.5. The van der Waals surface area contributed by atoms with E-state index in [4.69, 9.17) is 29.0 Å². The van der Waals surface area contributed by atoms with Gasteiger partial charge in [0.15, 0.2) is 0 Å². The number of aliphatic carboxylic acids is 2. The van der Waals surface area contributed by atoms with Crippen LogP contribution >= 0.6 is 0 Å². The number of rotatable bonds is 6. The highest BCUT2D eigenvalue weighted by atomic mass is 16.5. The minimum atomic E-state index is -1.82. The Labute approximate surface area is 149 Å². The maximum atomic E-state index is 9.10. The molecule has 0 saturated heterocycles. The van der Waals surface area contributed by atoms with Crippen molar-refractivity contribution in [1.82, 2.24) is 5.32 Å². The first-order chi connectivity index (χ1) is 12.6. The lowest BCUT2D eigenvalue weighted by Crippen LogP contribution is -2.20. The van der Waals surface area contributed by atoms with Crippen LogP contribution in [0.25, 0.3) is 10.8 Å². The van der Waals surface area contributed by atoms with Gasteiger partial charge in [0.25, 0.3) is 0 Å². The first-order valence-corrected chi connectivity index (χ1v) is 7.87. The average molecular weight is 357 g/mol. The molecule has 0 amide bonds. The SMILES string of the molecule is O=C(O)C(=O)O.c1coc(CNCCOc2ccc3ccccc3c2)c1. The van der Waals surface area contributed by atoms with Gasteiger partial charge < -0.3 is 24.7 Å². The first-order valence-electron chi connectivity index (χ1n) is 7.87. The molecular weight excluding hydrogens is 338 g/mol. The van der Waals surface area contributed by atoms with Crippen molar-refractivity contribution >= 4 is 22.7 Å². The molecule has 0 bridgehead atoms. The monoisotopic (exact) mass is 357 g/mol. The van der Waals surface area contributed by atoms with E-state index in [0.29, 0.717) is 6.61 Å². The molecule has 0 fully saturated rings. The fourth-order valence-electron chi connectivity index (χ4n) is 2.12. The van der Waals surface area contributed by atoms with Crippen LogP contribution in [-0.2, 0) is 16.1 Å². The predicted octanol–water partition coefficient (Wildman–Crippen LogP) is 2.76. The van der Waals surface area contributed by atoms with Crippen LogP contribution in [0, 0.1) is 0 Å². The van der Waals surface area contributed by atoms with Crippen molar-refractivity contribution in [2.24, 2.45) is 0 Å². The number of furan rings is 1. The average Bonchev–Trinajstić information content (AvgIpc) is 3.15.